The van der Waals surface area contributed by atoms with Crippen molar-refractivity contribution in [3.05, 3.63) is 59.6 Å². The molecule has 6 nitrogen and oxygen atoms in total. The summed E-state index contributed by atoms with van der Waals surface area (Å²) in [5.74, 6) is 0.354. The third-order valence-corrected chi connectivity index (χ3v) is 7.18. The number of nitrogens with zero attached hydrogens (tertiary/aromatic N) is 4. The number of halogens is 3. The first-order chi connectivity index (χ1) is 16.3. The molecule has 2 saturated heterocycles. The molecule has 2 aromatic rings. The van der Waals surface area contributed by atoms with E-state index in [4.69, 9.17) is 0 Å². The molecule has 0 bridgehead atoms. The van der Waals surface area contributed by atoms with Crippen molar-refractivity contribution in [2.24, 2.45) is 0 Å². The highest BCUT2D eigenvalue weighted by atomic mass is 19.4. The molecule has 9 heteroatoms. The molecular weight excluding hydrogens is 443 g/mol. The Morgan fingerprint density at radius 1 is 1.09 bits per heavy atom. The van der Waals surface area contributed by atoms with E-state index >= 15 is 0 Å². The summed E-state index contributed by atoms with van der Waals surface area (Å²) in [6.45, 7) is 7.33. The predicted octanol–water partition coefficient (Wildman–Crippen LogP) is 3.64. The number of alkyl halides is 3. The summed E-state index contributed by atoms with van der Waals surface area (Å²) >= 11 is 0. The Labute approximate surface area is 196 Å². The molecule has 2 atom stereocenters. The summed E-state index contributed by atoms with van der Waals surface area (Å²) in [6.07, 6.45) is 0.745. The maximum absolute atomic E-state index is 13.7. The van der Waals surface area contributed by atoms with E-state index < -0.39 is 17.7 Å². The number of nitrogens with one attached hydrogen (secondary N) is 1. The molecule has 3 heterocycles. The van der Waals surface area contributed by atoms with E-state index in [1.165, 1.54) is 12.1 Å². The van der Waals surface area contributed by atoms with Crippen LogP contribution in [0.15, 0.2) is 37.2 Å². The second-order valence-corrected chi connectivity index (χ2v) is 9.24. The van der Waals surface area contributed by atoms with Gasteiger partial charge in [0.15, 0.2) is 0 Å². The van der Waals surface area contributed by atoms with Crippen molar-refractivity contribution < 1.29 is 18.0 Å². The summed E-state index contributed by atoms with van der Waals surface area (Å²) in [7, 11) is 0. The molecule has 0 unspecified atom stereocenters. The average Bonchev–Trinajstić information content (AvgIpc) is 3.49. The van der Waals surface area contributed by atoms with Gasteiger partial charge in [-0.2, -0.15) is 13.2 Å². The highest BCUT2D eigenvalue weighted by Crippen LogP contribution is 2.36. The van der Waals surface area contributed by atoms with Crippen molar-refractivity contribution in [1.82, 2.24) is 20.2 Å². The maximum atomic E-state index is 13.7. The summed E-state index contributed by atoms with van der Waals surface area (Å²) in [4.78, 5) is 26.6. The Hall–Kier alpha value is -2.94. The monoisotopic (exact) mass is 471 g/mol. The Kier molecular flexibility index (Phi) is 6.06. The number of carbonyl (C=O) groups is 1. The fourth-order valence-corrected chi connectivity index (χ4v) is 5.35. The zero-order valence-electron chi connectivity index (χ0n) is 18.9. The molecule has 2 aliphatic heterocycles. The van der Waals surface area contributed by atoms with E-state index in [0.29, 0.717) is 31.7 Å². The van der Waals surface area contributed by atoms with E-state index in [9.17, 15) is 18.0 Å². The van der Waals surface area contributed by atoms with Gasteiger partial charge in [-0.25, -0.2) is 9.97 Å². The normalized spacial score (nSPS) is 21.6. The molecule has 5 rings (SSSR count). The lowest BCUT2D eigenvalue weighted by atomic mass is 9.88. The number of hydrogen-bond donors (Lipinski definition) is 1. The molecule has 1 aromatic heterocycles. The molecule has 2 fully saturated rings. The topological polar surface area (TPSA) is 61.4 Å². The van der Waals surface area contributed by atoms with Gasteiger partial charge < -0.3 is 15.1 Å². The molecular formula is C25H28F3N5O. The Morgan fingerprint density at radius 2 is 1.82 bits per heavy atom. The van der Waals surface area contributed by atoms with Gasteiger partial charge in [0.05, 0.1) is 17.2 Å². The number of aryl methyl sites for hydroxylation is 1. The number of anilines is 1. The Morgan fingerprint density at radius 3 is 2.47 bits per heavy atom. The third-order valence-electron chi connectivity index (χ3n) is 7.18. The van der Waals surface area contributed by atoms with Crippen LogP contribution in [0.5, 0.6) is 0 Å². The summed E-state index contributed by atoms with van der Waals surface area (Å²) in [5, 5.41) is 3.38. The number of fused-ring (bicyclic) bond motifs is 1. The third kappa shape index (κ3) is 4.29. The molecule has 1 amide bonds. The highest BCUT2D eigenvalue weighted by Gasteiger charge is 2.37. The van der Waals surface area contributed by atoms with Crippen LogP contribution in [0.3, 0.4) is 0 Å². The van der Waals surface area contributed by atoms with Crippen LogP contribution in [-0.2, 0) is 17.4 Å². The molecule has 3 aliphatic rings. The molecule has 0 radical (unpaired) electrons. The van der Waals surface area contributed by atoms with E-state index in [0.717, 1.165) is 67.0 Å². The van der Waals surface area contributed by atoms with Crippen molar-refractivity contribution in [3.63, 3.8) is 0 Å². The highest BCUT2D eigenvalue weighted by molar-refractivity contribution is 5.85. The van der Waals surface area contributed by atoms with Crippen LogP contribution in [0.4, 0.5) is 19.0 Å². The van der Waals surface area contributed by atoms with E-state index in [2.05, 4.69) is 26.8 Å². The number of benzene rings is 1. The van der Waals surface area contributed by atoms with Crippen LogP contribution in [0.25, 0.3) is 5.57 Å². The lowest BCUT2D eigenvalue weighted by Crippen LogP contribution is -2.52. The van der Waals surface area contributed by atoms with Gasteiger partial charge in [0.25, 0.3) is 0 Å². The van der Waals surface area contributed by atoms with Gasteiger partial charge in [-0.05, 0) is 55.5 Å². The van der Waals surface area contributed by atoms with Crippen LogP contribution in [0, 0.1) is 0 Å². The molecule has 1 aliphatic carbocycles. The number of amides is 1. The van der Waals surface area contributed by atoms with Crippen molar-refractivity contribution in [2.75, 3.05) is 37.6 Å². The number of aromatic nitrogens is 2. The maximum Gasteiger partial charge on any atom is 0.416 e. The lowest BCUT2D eigenvalue weighted by Gasteiger charge is -2.38. The standard InChI is InChI=1S/C25H28F3N5O/c1-16-4-9-20-21(16)23(31-15-30-20)32-11-13-33(14-12-32)24(34)22(19-3-2-10-29-19)17-5-7-18(8-6-17)25(26,27)28/h5-8,15,19,22,29H,1-4,9-14H2/t19-,22-/m0/s1. The number of hydrogen-bond acceptors (Lipinski definition) is 5. The van der Waals surface area contributed by atoms with Crippen LogP contribution >= 0.6 is 0 Å². The minimum absolute atomic E-state index is 0.0314. The molecule has 1 aromatic carbocycles. The molecule has 1 N–H and O–H groups in total. The Balaban J connectivity index is 1.33. The van der Waals surface area contributed by atoms with E-state index in [-0.39, 0.29) is 11.9 Å². The van der Waals surface area contributed by atoms with Gasteiger partial charge in [0, 0.05) is 37.8 Å². The summed E-state index contributed by atoms with van der Waals surface area (Å²) < 4.78 is 39.1. The average molecular weight is 472 g/mol. The second kappa shape index (κ2) is 9.02. The smallest absolute Gasteiger partial charge is 0.352 e. The summed E-state index contributed by atoms with van der Waals surface area (Å²) in [5.41, 5.74) is 3.06. The molecule has 180 valence electrons. The number of rotatable bonds is 4. The van der Waals surface area contributed by atoms with Gasteiger partial charge >= 0.3 is 6.18 Å². The minimum atomic E-state index is -4.40. The molecule has 0 spiro atoms. The fraction of sp³-hybridized carbons (Fsp3) is 0.480. The van der Waals surface area contributed by atoms with Crippen molar-refractivity contribution in [2.45, 2.75) is 43.8 Å². The predicted molar refractivity (Wildman–Crippen MR) is 123 cm³/mol. The summed E-state index contributed by atoms with van der Waals surface area (Å²) in [6, 6.07) is 4.99. The molecule has 0 saturated carbocycles. The van der Waals surface area contributed by atoms with Crippen molar-refractivity contribution >= 4 is 17.3 Å². The van der Waals surface area contributed by atoms with Gasteiger partial charge in [-0.3, -0.25) is 4.79 Å². The number of allylic oxidation sites excluding steroid dienone is 1. The van der Waals surface area contributed by atoms with Crippen molar-refractivity contribution in [1.29, 1.82) is 0 Å². The number of carbonyl (C=O) groups excluding carboxylic acids is 1. The zero-order valence-corrected chi connectivity index (χ0v) is 18.9. The van der Waals surface area contributed by atoms with E-state index in [1.807, 2.05) is 4.90 Å². The van der Waals surface area contributed by atoms with Gasteiger partial charge in [0.2, 0.25) is 5.91 Å². The van der Waals surface area contributed by atoms with Crippen LogP contribution in [0.2, 0.25) is 0 Å². The fourth-order valence-electron chi connectivity index (χ4n) is 5.35. The first-order valence-corrected chi connectivity index (χ1v) is 11.8. The zero-order chi connectivity index (χ0) is 23.9. The first kappa shape index (κ1) is 22.8. The van der Waals surface area contributed by atoms with Crippen LogP contribution in [-0.4, -0.2) is 59.5 Å². The Bertz CT molecular complexity index is 1070. The van der Waals surface area contributed by atoms with Gasteiger partial charge in [-0.15, -0.1) is 0 Å². The lowest BCUT2D eigenvalue weighted by molar-refractivity contribution is -0.137. The largest absolute Gasteiger partial charge is 0.416 e. The number of piperazine rings is 1. The molecule has 34 heavy (non-hydrogen) atoms. The van der Waals surface area contributed by atoms with Crippen LogP contribution < -0.4 is 10.2 Å². The SMILES string of the molecule is C=C1CCc2ncnc(N3CCN(C(=O)[C@@H](c4ccc(C(F)(F)F)cc4)[C@@H]4CCCN4)CC3)c21. The van der Waals surface area contributed by atoms with Crippen molar-refractivity contribution in [3.8, 4) is 0 Å². The van der Waals surface area contributed by atoms with E-state index in [1.54, 1.807) is 6.33 Å². The van der Waals surface area contributed by atoms with Gasteiger partial charge in [-0.1, -0.05) is 18.7 Å². The quantitative estimate of drug-likeness (QED) is 0.738. The second-order valence-electron chi connectivity index (χ2n) is 9.24. The van der Waals surface area contributed by atoms with Crippen LogP contribution in [0.1, 0.15) is 47.6 Å². The van der Waals surface area contributed by atoms with Gasteiger partial charge in [0.1, 0.15) is 12.1 Å². The minimum Gasteiger partial charge on any atom is -0.352 e. The first-order valence-electron chi connectivity index (χ1n) is 11.8.